The van der Waals surface area contributed by atoms with Gasteiger partial charge in [-0.3, -0.25) is 0 Å². The minimum atomic E-state index is -0.434. The Balaban J connectivity index is 2.04. The Morgan fingerprint density at radius 3 is 2.87 bits per heavy atom. The second kappa shape index (κ2) is 5.88. The predicted octanol–water partition coefficient (Wildman–Crippen LogP) is 2.68. The lowest BCUT2D eigenvalue weighted by molar-refractivity contribution is 0.0520. The van der Waals surface area contributed by atoms with Crippen LogP contribution in [0.2, 0.25) is 0 Å². The van der Waals surface area contributed by atoms with Crippen LogP contribution in [0, 0.1) is 0 Å². The van der Waals surface area contributed by atoms with Gasteiger partial charge in [-0.15, -0.1) is 0 Å². The zero-order chi connectivity index (χ0) is 16.4. The van der Waals surface area contributed by atoms with E-state index in [-0.39, 0.29) is 5.82 Å². The molecule has 118 valence electrons. The van der Waals surface area contributed by atoms with E-state index in [0.717, 1.165) is 5.56 Å². The summed E-state index contributed by atoms with van der Waals surface area (Å²) >= 11 is 0. The molecule has 0 saturated heterocycles. The van der Waals surface area contributed by atoms with Gasteiger partial charge < -0.3 is 25.7 Å². The third-order valence-electron chi connectivity index (χ3n) is 3.33. The Morgan fingerprint density at radius 2 is 2.13 bits per heavy atom. The molecule has 3 aromatic rings. The van der Waals surface area contributed by atoms with Gasteiger partial charge in [-0.05, 0) is 30.7 Å². The van der Waals surface area contributed by atoms with Crippen LogP contribution in [0.3, 0.4) is 0 Å². The van der Waals surface area contributed by atoms with Gasteiger partial charge in [0.1, 0.15) is 5.69 Å². The molecule has 2 heterocycles. The maximum atomic E-state index is 11.8. The fourth-order valence-corrected chi connectivity index (χ4v) is 2.32. The predicted molar refractivity (Wildman–Crippen MR) is 86.5 cm³/mol. The number of carbonyl (C=O) groups excluding carboxylic acids is 1. The highest BCUT2D eigenvalue weighted by Crippen LogP contribution is 2.37. The van der Waals surface area contributed by atoms with Crippen LogP contribution in [0.15, 0.2) is 41.1 Å². The molecule has 0 aliphatic carbocycles. The molecule has 0 saturated carbocycles. The first-order valence-electron chi connectivity index (χ1n) is 7.07. The van der Waals surface area contributed by atoms with Crippen LogP contribution in [0.1, 0.15) is 17.4 Å². The molecule has 23 heavy (non-hydrogen) atoms. The van der Waals surface area contributed by atoms with Gasteiger partial charge in [0, 0.05) is 17.4 Å². The molecule has 1 aromatic carbocycles. The lowest BCUT2D eigenvalue weighted by Gasteiger charge is -2.02. The van der Waals surface area contributed by atoms with Crippen LogP contribution in [0.4, 0.5) is 11.5 Å². The molecule has 0 amide bonds. The number of nitrogens with one attached hydrogen (secondary N) is 1. The smallest absolute Gasteiger partial charge is 0.354 e. The van der Waals surface area contributed by atoms with Gasteiger partial charge in [-0.25, -0.2) is 4.79 Å². The molecule has 0 bridgehead atoms. The van der Waals surface area contributed by atoms with Crippen LogP contribution in [0.5, 0.6) is 0 Å². The SMILES string of the molecule is CCOC(=O)c1cc(-c2onc(N)c2-c2cccc(N)c2)c[nH]1. The number of benzene rings is 1. The minimum Gasteiger partial charge on any atom is -0.461 e. The van der Waals surface area contributed by atoms with Crippen LogP contribution in [-0.4, -0.2) is 22.7 Å². The van der Waals surface area contributed by atoms with Crippen molar-refractivity contribution in [2.24, 2.45) is 0 Å². The van der Waals surface area contributed by atoms with Crippen LogP contribution in [0.25, 0.3) is 22.5 Å². The summed E-state index contributed by atoms with van der Waals surface area (Å²) in [4.78, 5) is 14.6. The van der Waals surface area contributed by atoms with E-state index in [4.69, 9.17) is 20.7 Å². The quantitative estimate of drug-likeness (QED) is 0.503. The average Bonchev–Trinajstić information content (AvgIpc) is 3.14. The van der Waals surface area contributed by atoms with Crippen LogP contribution < -0.4 is 11.5 Å². The van der Waals surface area contributed by atoms with E-state index >= 15 is 0 Å². The molecule has 0 radical (unpaired) electrons. The van der Waals surface area contributed by atoms with Gasteiger partial charge in [0.05, 0.1) is 12.2 Å². The van der Waals surface area contributed by atoms with Gasteiger partial charge in [0.15, 0.2) is 11.6 Å². The van der Waals surface area contributed by atoms with Crippen molar-refractivity contribution in [2.45, 2.75) is 6.92 Å². The van der Waals surface area contributed by atoms with E-state index in [1.165, 1.54) is 0 Å². The summed E-state index contributed by atoms with van der Waals surface area (Å²) in [6.07, 6.45) is 1.64. The number of nitrogens with two attached hydrogens (primary N) is 2. The molecular weight excluding hydrogens is 296 g/mol. The van der Waals surface area contributed by atoms with E-state index in [0.29, 0.717) is 34.9 Å². The number of anilines is 2. The molecule has 0 unspecified atom stereocenters. The van der Waals surface area contributed by atoms with Gasteiger partial charge in [0.2, 0.25) is 0 Å². The number of H-pyrrole nitrogens is 1. The second-order valence-corrected chi connectivity index (χ2v) is 4.92. The highest BCUT2D eigenvalue weighted by molar-refractivity contribution is 5.92. The van der Waals surface area contributed by atoms with Crippen molar-refractivity contribution in [3.63, 3.8) is 0 Å². The van der Waals surface area contributed by atoms with Crippen LogP contribution in [-0.2, 0) is 4.74 Å². The third kappa shape index (κ3) is 2.76. The maximum Gasteiger partial charge on any atom is 0.354 e. The molecule has 5 N–H and O–H groups in total. The number of rotatable bonds is 4. The summed E-state index contributed by atoms with van der Waals surface area (Å²) in [7, 11) is 0. The molecule has 0 aliphatic rings. The molecule has 0 aliphatic heterocycles. The van der Waals surface area contributed by atoms with E-state index < -0.39 is 5.97 Å². The lowest BCUT2D eigenvalue weighted by Crippen LogP contribution is -2.04. The number of hydrogen-bond donors (Lipinski definition) is 3. The third-order valence-corrected chi connectivity index (χ3v) is 3.33. The fraction of sp³-hybridized carbons (Fsp3) is 0.125. The highest BCUT2D eigenvalue weighted by Gasteiger charge is 2.20. The van der Waals surface area contributed by atoms with Gasteiger partial charge in [-0.2, -0.15) is 0 Å². The van der Waals surface area contributed by atoms with Gasteiger partial charge >= 0.3 is 5.97 Å². The summed E-state index contributed by atoms with van der Waals surface area (Å²) in [5, 5.41) is 3.82. The molecule has 3 rings (SSSR count). The number of ether oxygens (including phenoxy) is 1. The normalized spacial score (nSPS) is 10.7. The Morgan fingerprint density at radius 1 is 1.30 bits per heavy atom. The van der Waals surface area contributed by atoms with Crippen molar-refractivity contribution >= 4 is 17.5 Å². The molecule has 0 spiro atoms. The van der Waals surface area contributed by atoms with E-state index in [9.17, 15) is 4.79 Å². The largest absolute Gasteiger partial charge is 0.461 e. The van der Waals surface area contributed by atoms with Crippen molar-refractivity contribution in [1.82, 2.24) is 10.1 Å². The number of nitrogen functional groups attached to an aromatic ring is 2. The number of esters is 1. The summed E-state index contributed by atoms with van der Waals surface area (Å²) in [6.45, 7) is 2.05. The summed E-state index contributed by atoms with van der Waals surface area (Å²) in [5.41, 5.74) is 14.8. The summed E-state index contributed by atoms with van der Waals surface area (Å²) in [6, 6.07) is 8.88. The number of aromatic nitrogens is 2. The lowest BCUT2D eigenvalue weighted by atomic mass is 10.0. The van der Waals surface area contributed by atoms with Crippen LogP contribution >= 0.6 is 0 Å². The Bertz CT molecular complexity index is 851. The second-order valence-electron chi connectivity index (χ2n) is 4.92. The topological polar surface area (TPSA) is 120 Å². The monoisotopic (exact) mass is 312 g/mol. The molecule has 2 aromatic heterocycles. The van der Waals surface area contributed by atoms with Crippen molar-refractivity contribution in [1.29, 1.82) is 0 Å². The van der Waals surface area contributed by atoms with Crippen molar-refractivity contribution < 1.29 is 14.1 Å². The highest BCUT2D eigenvalue weighted by atomic mass is 16.5. The fourth-order valence-electron chi connectivity index (χ4n) is 2.32. The number of nitrogens with zero attached hydrogens (tertiary/aromatic N) is 1. The summed E-state index contributed by atoms with van der Waals surface area (Å²) in [5.74, 6) is 0.279. The molecule has 0 atom stereocenters. The number of aromatic amines is 1. The van der Waals surface area contributed by atoms with E-state index in [1.807, 2.05) is 12.1 Å². The average molecular weight is 312 g/mol. The van der Waals surface area contributed by atoms with Crippen molar-refractivity contribution in [3.05, 3.63) is 42.2 Å². The van der Waals surface area contributed by atoms with Crippen molar-refractivity contribution in [3.8, 4) is 22.5 Å². The zero-order valence-electron chi connectivity index (χ0n) is 12.5. The number of carbonyl (C=O) groups is 1. The Labute approximate surface area is 132 Å². The minimum absolute atomic E-state index is 0.254. The molecular formula is C16H16N4O3. The van der Waals surface area contributed by atoms with Crippen molar-refractivity contribution in [2.75, 3.05) is 18.1 Å². The zero-order valence-corrected chi connectivity index (χ0v) is 12.5. The standard InChI is InChI=1S/C16H16N4O3/c1-2-22-16(21)12-7-10(8-19-12)14-13(15(18)20-23-14)9-4-3-5-11(17)6-9/h3-8,19H,2,17H2,1H3,(H2,18,20). The maximum absolute atomic E-state index is 11.8. The van der Waals surface area contributed by atoms with E-state index in [2.05, 4.69) is 10.1 Å². The molecule has 7 heteroatoms. The van der Waals surface area contributed by atoms with Gasteiger partial charge in [0.25, 0.3) is 0 Å². The first kappa shape index (κ1) is 14.7. The van der Waals surface area contributed by atoms with Gasteiger partial charge in [-0.1, -0.05) is 17.3 Å². The number of hydrogen-bond acceptors (Lipinski definition) is 6. The van der Waals surface area contributed by atoms with E-state index in [1.54, 1.807) is 31.3 Å². The Kier molecular flexibility index (Phi) is 3.76. The first-order chi connectivity index (χ1) is 11.1. The Hall–Kier alpha value is -3.22. The molecule has 7 nitrogen and oxygen atoms in total. The first-order valence-corrected chi connectivity index (χ1v) is 7.07. The summed E-state index contributed by atoms with van der Waals surface area (Å²) < 4.78 is 10.3. The molecule has 0 fully saturated rings.